The van der Waals surface area contributed by atoms with Crippen LogP contribution in [0.2, 0.25) is 0 Å². The molecule has 1 aromatic rings. The summed E-state index contributed by atoms with van der Waals surface area (Å²) in [4.78, 5) is 13.9. The number of H-pyrrole nitrogens is 1. The monoisotopic (exact) mass is 355 g/mol. The smallest absolute Gasteiger partial charge is 0.317 e. The molecule has 0 aromatic carbocycles. The van der Waals surface area contributed by atoms with Crippen molar-refractivity contribution in [2.24, 2.45) is 11.1 Å². The SMILES string of the molecule is NS(=O)(=O)C[C@H]1CCN(C(=O)NCc2n[nH]c3c2CCCCC3)C1. The Hall–Kier alpha value is -1.61. The molecule has 1 aliphatic heterocycles. The van der Waals surface area contributed by atoms with Crippen molar-refractivity contribution in [1.29, 1.82) is 0 Å². The number of nitrogens with two attached hydrogens (primary N) is 1. The number of nitrogens with zero attached hydrogens (tertiary/aromatic N) is 2. The lowest BCUT2D eigenvalue weighted by Gasteiger charge is -2.17. The van der Waals surface area contributed by atoms with Gasteiger partial charge in [-0.25, -0.2) is 18.4 Å². The van der Waals surface area contributed by atoms with Gasteiger partial charge in [-0.3, -0.25) is 5.10 Å². The fourth-order valence-electron chi connectivity index (χ4n) is 3.63. The van der Waals surface area contributed by atoms with E-state index in [1.54, 1.807) is 4.90 Å². The van der Waals surface area contributed by atoms with Crippen molar-refractivity contribution in [3.05, 3.63) is 17.0 Å². The zero-order chi connectivity index (χ0) is 17.2. The van der Waals surface area contributed by atoms with Crippen LogP contribution in [0.1, 0.15) is 42.6 Å². The second kappa shape index (κ2) is 7.10. The number of urea groups is 1. The van der Waals surface area contributed by atoms with Gasteiger partial charge in [0.05, 0.1) is 18.0 Å². The van der Waals surface area contributed by atoms with E-state index in [-0.39, 0.29) is 17.7 Å². The zero-order valence-electron chi connectivity index (χ0n) is 13.8. The van der Waals surface area contributed by atoms with E-state index in [2.05, 4.69) is 15.5 Å². The van der Waals surface area contributed by atoms with E-state index >= 15 is 0 Å². The number of fused-ring (bicyclic) bond motifs is 1. The fraction of sp³-hybridized carbons (Fsp3) is 0.733. The molecule has 0 spiro atoms. The Balaban J connectivity index is 1.52. The van der Waals surface area contributed by atoms with Crippen LogP contribution in [-0.2, 0) is 29.4 Å². The van der Waals surface area contributed by atoms with Crippen molar-refractivity contribution in [3.8, 4) is 0 Å². The molecule has 0 unspecified atom stereocenters. The summed E-state index contributed by atoms with van der Waals surface area (Å²) in [7, 11) is -3.49. The van der Waals surface area contributed by atoms with Crippen LogP contribution in [0.15, 0.2) is 0 Å². The van der Waals surface area contributed by atoms with Crippen molar-refractivity contribution in [2.45, 2.75) is 45.1 Å². The molecule has 3 rings (SSSR count). The number of primary sulfonamides is 1. The number of aromatic nitrogens is 2. The highest BCUT2D eigenvalue weighted by molar-refractivity contribution is 7.89. The normalized spacial score (nSPS) is 21.4. The van der Waals surface area contributed by atoms with Crippen molar-refractivity contribution < 1.29 is 13.2 Å². The Bertz CT molecular complexity index is 700. The maximum absolute atomic E-state index is 12.3. The van der Waals surface area contributed by atoms with Gasteiger partial charge in [0.15, 0.2) is 0 Å². The van der Waals surface area contributed by atoms with E-state index in [0.29, 0.717) is 26.1 Å². The summed E-state index contributed by atoms with van der Waals surface area (Å²) in [5.41, 5.74) is 3.37. The average molecular weight is 355 g/mol. The molecule has 9 heteroatoms. The van der Waals surface area contributed by atoms with E-state index in [0.717, 1.165) is 25.0 Å². The van der Waals surface area contributed by atoms with Gasteiger partial charge in [-0.1, -0.05) is 6.42 Å². The van der Waals surface area contributed by atoms with Crippen LogP contribution in [0.3, 0.4) is 0 Å². The largest absolute Gasteiger partial charge is 0.332 e. The third kappa shape index (κ3) is 4.27. The number of carbonyl (C=O) groups is 1. The highest BCUT2D eigenvalue weighted by Crippen LogP contribution is 2.22. The van der Waals surface area contributed by atoms with Gasteiger partial charge in [0.1, 0.15) is 0 Å². The minimum absolute atomic E-state index is 0.0658. The highest BCUT2D eigenvalue weighted by atomic mass is 32.2. The second-order valence-electron chi connectivity index (χ2n) is 6.78. The standard InChI is InChI=1S/C15H25N5O3S/c16-24(22,23)10-11-6-7-20(9-11)15(21)17-8-14-12-4-2-1-3-5-13(12)18-19-14/h11H,1-10H2,(H,17,21)(H,18,19)(H2,16,22,23)/t11-/m0/s1. The van der Waals surface area contributed by atoms with E-state index in [1.807, 2.05) is 0 Å². The second-order valence-corrected chi connectivity index (χ2v) is 8.44. The topological polar surface area (TPSA) is 121 Å². The summed E-state index contributed by atoms with van der Waals surface area (Å²) in [5.74, 6) is -0.142. The van der Waals surface area contributed by atoms with Crippen LogP contribution in [-0.4, -0.2) is 48.4 Å². The lowest BCUT2D eigenvalue weighted by atomic mass is 10.1. The molecule has 1 aliphatic carbocycles. The molecule has 2 aliphatic rings. The molecule has 0 radical (unpaired) electrons. The Morgan fingerprint density at radius 2 is 2.12 bits per heavy atom. The van der Waals surface area contributed by atoms with Crippen LogP contribution in [0.4, 0.5) is 4.79 Å². The minimum atomic E-state index is -3.49. The van der Waals surface area contributed by atoms with E-state index < -0.39 is 10.0 Å². The third-order valence-electron chi connectivity index (χ3n) is 4.84. The molecule has 1 saturated heterocycles. The first-order valence-corrected chi connectivity index (χ1v) is 10.2. The number of nitrogens with one attached hydrogen (secondary N) is 2. The van der Waals surface area contributed by atoms with Gasteiger partial charge < -0.3 is 10.2 Å². The fourth-order valence-corrected chi connectivity index (χ4v) is 4.55. The Labute approximate surface area is 142 Å². The third-order valence-corrected chi connectivity index (χ3v) is 5.78. The number of aryl methyl sites for hydroxylation is 1. The molecule has 24 heavy (non-hydrogen) atoms. The van der Waals surface area contributed by atoms with E-state index in [4.69, 9.17) is 5.14 Å². The van der Waals surface area contributed by atoms with Gasteiger partial charge in [-0.05, 0) is 43.6 Å². The van der Waals surface area contributed by atoms with Crippen LogP contribution in [0.5, 0.6) is 0 Å². The quantitative estimate of drug-likeness (QED) is 0.681. The summed E-state index contributed by atoms with van der Waals surface area (Å²) in [5, 5.41) is 15.4. The van der Waals surface area contributed by atoms with Crippen molar-refractivity contribution in [1.82, 2.24) is 20.4 Å². The molecule has 1 aromatic heterocycles. The van der Waals surface area contributed by atoms with Gasteiger partial charge in [-0.2, -0.15) is 5.10 Å². The summed E-state index contributed by atoms with van der Waals surface area (Å²) in [6, 6.07) is -0.169. The van der Waals surface area contributed by atoms with Crippen LogP contribution in [0, 0.1) is 5.92 Å². The van der Waals surface area contributed by atoms with Crippen molar-refractivity contribution in [2.75, 3.05) is 18.8 Å². The zero-order valence-corrected chi connectivity index (χ0v) is 14.6. The lowest BCUT2D eigenvalue weighted by Crippen LogP contribution is -2.38. The van der Waals surface area contributed by atoms with Crippen molar-refractivity contribution >= 4 is 16.1 Å². The Kier molecular flexibility index (Phi) is 5.09. The van der Waals surface area contributed by atoms with Gasteiger partial charge in [-0.15, -0.1) is 0 Å². The van der Waals surface area contributed by atoms with Gasteiger partial charge in [0, 0.05) is 18.8 Å². The maximum atomic E-state index is 12.3. The minimum Gasteiger partial charge on any atom is -0.332 e. The average Bonchev–Trinajstić information content (AvgIpc) is 3.04. The number of aromatic amines is 1. The number of hydrogen-bond acceptors (Lipinski definition) is 4. The number of carbonyl (C=O) groups excluding carboxylic acids is 1. The van der Waals surface area contributed by atoms with E-state index in [9.17, 15) is 13.2 Å². The first kappa shape index (κ1) is 17.2. The van der Waals surface area contributed by atoms with Crippen LogP contribution in [0.25, 0.3) is 0 Å². The van der Waals surface area contributed by atoms with Gasteiger partial charge >= 0.3 is 6.03 Å². The molecule has 8 nitrogen and oxygen atoms in total. The summed E-state index contributed by atoms with van der Waals surface area (Å²) >= 11 is 0. The molecule has 0 bridgehead atoms. The number of sulfonamides is 1. The summed E-state index contributed by atoms with van der Waals surface area (Å²) < 4.78 is 22.3. The molecule has 2 amide bonds. The van der Waals surface area contributed by atoms with Crippen molar-refractivity contribution in [3.63, 3.8) is 0 Å². The lowest BCUT2D eigenvalue weighted by molar-refractivity contribution is 0.207. The molecule has 1 fully saturated rings. The van der Waals surface area contributed by atoms with Crippen LogP contribution < -0.4 is 10.5 Å². The predicted octanol–water partition coefficient (Wildman–Crippen LogP) is 0.499. The van der Waals surface area contributed by atoms with E-state index in [1.165, 1.54) is 24.1 Å². The molecular formula is C15H25N5O3S. The molecule has 134 valence electrons. The van der Waals surface area contributed by atoms with Gasteiger partial charge in [0.25, 0.3) is 0 Å². The Morgan fingerprint density at radius 3 is 2.92 bits per heavy atom. The predicted molar refractivity (Wildman–Crippen MR) is 89.7 cm³/mol. The highest BCUT2D eigenvalue weighted by Gasteiger charge is 2.29. The number of amides is 2. The maximum Gasteiger partial charge on any atom is 0.317 e. The number of likely N-dealkylation sites (tertiary alicyclic amines) is 1. The molecular weight excluding hydrogens is 330 g/mol. The molecule has 0 saturated carbocycles. The van der Waals surface area contributed by atoms with Gasteiger partial charge in [0.2, 0.25) is 10.0 Å². The molecule has 1 atom stereocenters. The first-order valence-electron chi connectivity index (χ1n) is 8.50. The summed E-state index contributed by atoms with van der Waals surface area (Å²) in [6.07, 6.45) is 6.28. The number of hydrogen-bond donors (Lipinski definition) is 3. The number of rotatable bonds is 4. The summed E-state index contributed by atoms with van der Waals surface area (Å²) in [6.45, 7) is 1.40. The first-order chi connectivity index (χ1) is 11.4. The molecule has 2 heterocycles. The molecule has 4 N–H and O–H groups in total. The van der Waals surface area contributed by atoms with Crippen LogP contribution >= 0.6 is 0 Å². The Morgan fingerprint density at radius 1 is 1.33 bits per heavy atom.